The average molecular weight is 510 g/mol. The summed E-state index contributed by atoms with van der Waals surface area (Å²) in [7, 11) is 0. The number of ether oxygens (including phenoxy) is 1. The standard InChI is InChI=1S/C28H25ClFNO3S/c1-17-12-20(29)4-8-23(17)26(33)28-27(24-9-5-21(32)13-25(24)35-28)34-22-6-2-18(3-7-22)10-11-31-15-19(14-30)16-31/h2-9,12-13,19,32H,10-11,14-16H2,1H3. The highest BCUT2D eigenvalue weighted by molar-refractivity contribution is 7.21. The molecule has 1 aliphatic rings. The van der Waals surface area contributed by atoms with Crippen LogP contribution < -0.4 is 4.74 Å². The maximum Gasteiger partial charge on any atom is 0.207 e. The highest BCUT2D eigenvalue weighted by atomic mass is 35.5. The first-order chi connectivity index (χ1) is 16.9. The fourth-order valence-corrected chi connectivity index (χ4v) is 5.75. The Bertz CT molecular complexity index is 1380. The van der Waals surface area contributed by atoms with Crippen LogP contribution >= 0.6 is 22.9 Å². The molecule has 180 valence electrons. The third-order valence-corrected chi connectivity index (χ3v) is 7.75. The summed E-state index contributed by atoms with van der Waals surface area (Å²) in [5, 5.41) is 11.3. The largest absolute Gasteiger partial charge is 0.508 e. The number of fused-ring (bicyclic) bond motifs is 1. The Kier molecular flexibility index (Phi) is 6.78. The number of thiophene rings is 1. The number of aryl methyl sites for hydroxylation is 1. The second-order valence-corrected chi connectivity index (χ2v) is 10.5. The first-order valence-corrected chi connectivity index (χ1v) is 12.7. The summed E-state index contributed by atoms with van der Waals surface area (Å²) in [4.78, 5) is 16.3. The Morgan fingerprint density at radius 2 is 1.91 bits per heavy atom. The number of phenolic OH excluding ortho intramolecular Hbond substituents is 1. The van der Waals surface area contributed by atoms with Crippen LogP contribution in [0.1, 0.15) is 26.4 Å². The number of rotatable bonds is 8. The molecular weight excluding hydrogens is 485 g/mol. The molecule has 0 radical (unpaired) electrons. The molecule has 0 bridgehead atoms. The number of aromatic hydroxyl groups is 1. The van der Waals surface area contributed by atoms with E-state index in [0.29, 0.717) is 27.0 Å². The molecule has 0 saturated carbocycles. The molecule has 0 spiro atoms. The van der Waals surface area contributed by atoms with E-state index in [2.05, 4.69) is 4.90 Å². The summed E-state index contributed by atoms with van der Waals surface area (Å²) in [6.07, 6.45) is 0.888. The molecule has 0 atom stereocenters. The van der Waals surface area contributed by atoms with Gasteiger partial charge in [-0.1, -0.05) is 23.7 Å². The van der Waals surface area contributed by atoms with Crippen molar-refractivity contribution in [2.24, 2.45) is 5.92 Å². The molecule has 1 N–H and O–H groups in total. The van der Waals surface area contributed by atoms with Crippen molar-refractivity contribution in [3.8, 4) is 17.2 Å². The van der Waals surface area contributed by atoms with Crippen LogP contribution in [0, 0.1) is 12.8 Å². The molecule has 0 aliphatic carbocycles. The SMILES string of the molecule is Cc1cc(Cl)ccc1C(=O)c1sc2cc(O)ccc2c1Oc1ccc(CCN2CC(CF)C2)cc1. The smallest absolute Gasteiger partial charge is 0.207 e. The Labute approximate surface area is 212 Å². The van der Waals surface area contributed by atoms with Gasteiger partial charge in [0.05, 0.1) is 6.67 Å². The number of ketones is 1. The number of carbonyl (C=O) groups is 1. The minimum Gasteiger partial charge on any atom is -0.508 e. The number of nitrogens with zero attached hydrogens (tertiary/aromatic N) is 1. The maximum absolute atomic E-state index is 13.5. The molecular formula is C28H25ClFNO3S. The second kappa shape index (κ2) is 9.97. The van der Waals surface area contributed by atoms with Gasteiger partial charge < -0.3 is 14.7 Å². The van der Waals surface area contributed by atoms with Crippen molar-refractivity contribution in [3.63, 3.8) is 0 Å². The van der Waals surface area contributed by atoms with E-state index < -0.39 is 0 Å². The van der Waals surface area contributed by atoms with Gasteiger partial charge in [-0.25, -0.2) is 0 Å². The number of likely N-dealkylation sites (tertiary alicyclic amines) is 1. The summed E-state index contributed by atoms with van der Waals surface area (Å²) in [6.45, 7) is 4.20. The van der Waals surface area contributed by atoms with Crippen LogP contribution in [0.2, 0.25) is 5.02 Å². The Morgan fingerprint density at radius 1 is 1.14 bits per heavy atom. The fraction of sp³-hybridized carbons (Fsp3) is 0.250. The second-order valence-electron chi connectivity index (χ2n) is 9.01. The lowest BCUT2D eigenvalue weighted by atomic mass is 10.0. The summed E-state index contributed by atoms with van der Waals surface area (Å²) in [5.41, 5.74) is 2.53. The van der Waals surface area contributed by atoms with Crippen molar-refractivity contribution in [2.45, 2.75) is 13.3 Å². The molecule has 1 fully saturated rings. The number of halogens is 2. The average Bonchev–Trinajstić information content (AvgIpc) is 3.16. The van der Waals surface area contributed by atoms with E-state index in [1.807, 2.05) is 31.2 Å². The topological polar surface area (TPSA) is 49.8 Å². The lowest BCUT2D eigenvalue weighted by Crippen LogP contribution is -2.48. The van der Waals surface area contributed by atoms with Gasteiger partial charge in [-0.3, -0.25) is 9.18 Å². The third kappa shape index (κ3) is 5.06. The highest BCUT2D eigenvalue weighted by Crippen LogP contribution is 2.43. The predicted molar refractivity (Wildman–Crippen MR) is 139 cm³/mol. The maximum atomic E-state index is 13.5. The van der Waals surface area contributed by atoms with Gasteiger partial charge in [0.1, 0.15) is 16.4 Å². The quantitative estimate of drug-likeness (QED) is 0.259. The molecule has 35 heavy (non-hydrogen) atoms. The van der Waals surface area contributed by atoms with Crippen molar-refractivity contribution in [2.75, 3.05) is 26.3 Å². The van der Waals surface area contributed by atoms with Crippen molar-refractivity contribution >= 4 is 38.8 Å². The van der Waals surface area contributed by atoms with Crippen molar-refractivity contribution in [1.82, 2.24) is 4.90 Å². The van der Waals surface area contributed by atoms with Gasteiger partial charge in [-0.15, -0.1) is 11.3 Å². The summed E-state index contributed by atoms with van der Waals surface area (Å²) < 4.78 is 19.7. The summed E-state index contributed by atoms with van der Waals surface area (Å²) in [6, 6.07) is 18.1. The van der Waals surface area contributed by atoms with Crippen LogP contribution in [0.4, 0.5) is 4.39 Å². The van der Waals surface area contributed by atoms with Crippen molar-refractivity contribution in [1.29, 1.82) is 0 Å². The van der Waals surface area contributed by atoms with E-state index in [-0.39, 0.29) is 24.1 Å². The van der Waals surface area contributed by atoms with E-state index >= 15 is 0 Å². The lowest BCUT2D eigenvalue weighted by Gasteiger charge is -2.37. The first kappa shape index (κ1) is 23.8. The minimum atomic E-state index is -0.235. The number of hydrogen-bond donors (Lipinski definition) is 1. The Hall–Kier alpha value is -2.93. The van der Waals surface area contributed by atoms with Crippen LogP contribution in [0.15, 0.2) is 60.7 Å². The van der Waals surface area contributed by atoms with Crippen LogP contribution in [-0.4, -0.2) is 42.1 Å². The Morgan fingerprint density at radius 3 is 2.63 bits per heavy atom. The molecule has 4 nitrogen and oxygen atoms in total. The molecule has 0 unspecified atom stereocenters. The first-order valence-electron chi connectivity index (χ1n) is 11.5. The van der Waals surface area contributed by atoms with Crippen LogP contribution in [0.3, 0.4) is 0 Å². The van der Waals surface area contributed by atoms with E-state index in [9.17, 15) is 14.3 Å². The van der Waals surface area contributed by atoms with Crippen molar-refractivity contribution in [3.05, 3.63) is 87.3 Å². The van der Waals surface area contributed by atoms with Gasteiger partial charge in [-0.05, 0) is 73.0 Å². The van der Waals surface area contributed by atoms with Gasteiger partial charge in [0, 0.05) is 46.2 Å². The van der Waals surface area contributed by atoms with Gasteiger partial charge in [-0.2, -0.15) is 0 Å². The fourth-order valence-electron chi connectivity index (χ4n) is 4.40. The van der Waals surface area contributed by atoms with Crippen molar-refractivity contribution < 1.29 is 19.0 Å². The zero-order chi connectivity index (χ0) is 24.5. The third-order valence-electron chi connectivity index (χ3n) is 6.38. The molecule has 1 aromatic heterocycles. The summed E-state index contributed by atoms with van der Waals surface area (Å²) >= 11 is 7.38. The number of alkyl halides is 1. The zero-order valence-corrected chi connectivity index (χ0v) is 20.8. The van der Waals surface area contributed by atoms with E-state index in [0.717, 1.165) is 41.7 Å². The zero-order valence-electron chi connectivity index (χ0n) is 19.3. The van der Waals surface area contributed by atoms with Crippen LogP contribution in [-0.2, 0) is 6.42 Å². The van der Waals surface area contributed by atoms with Crippen LogP contribution in [0.5, 0.6) is 17.2 Å². The number of phenols is 1. The monoisotopic (exact) mass is 509 g/mol. The molecule has 1 aliphatic heterocycles. The van der Waals surface area contributed by atoms with Crippen LogP contribution in [0.25, 0.3) is 10.1 Å². The summed E-state index contributed by atoms with van der Waals surface area (Å²) in [5.74, 6) is 1.30. The normalized spacial score (nSPS) is 14.3. The molecule has 1 saturated heterocycles. The lowest BCUT2D eigenvalue weighted by molar-refractivity contribution is 0.0824. The molecule has 7 heteroatoms. The number of benzene rings is 3. The van der Waals surface area contributed by atoms with Gasteiger partial charge in [0.25, 0.3) is 0 Å². The Balaban J connectivity index is 1.40. The van der Waals surface area contributed by atoms with E-state index in [4.69, 9.17) is 16.3 Å². The van der Waals surface area contributed by atoms with E-state index in [1.165, 1.54) is 16.9 Å². The number of carbonyl (C=O) groups excluding carboxylic acids is 1. The number of hydrogen-bond acceptors (Lipinski definition) is 5. The van der Waals surface area contributed by atoms with Gasteiger partial charge >= 0.3 is 0 Å². The highest BCUT2D eigenvalue weighted by Gasteiger charge is 2.26. The predicted octanol–water partition coefficient (Wildman–Crippen LogP) is 7.04. The molecule has 0 amide bonds. The minimum absolute atomic E-state index is 0.136. The van der Waals surface area contributed by atoms with E-state index in [1.54, 1.807) is 36.4 Å². The molecule has 4 aromatic rings. The van der Waals surface area contributed by atoms with Gasteiger partial charge in [0.15, 0.2) is 5.75 Å². The molecule has 5 rings (SSSR count). The van der Waals surface area contributed by atoms with Gasteiger partial charge in [0.2, 0.25) is 5.78 Å². The molecule has 3 aromatic carbocycles. The molecule has 2 heterocycles.